The third-order valence-corrected chi connectivity index (χ3v) is 3.58. The van der Waals surface area contributed by atoms with E-state index in [0.717, 1.165) is 5.56 Å². The fraction of sp³-hybridized carbons (Fsp3) is 0.462. The highest BCUT2D eigenvalue weighted by Gasteiger charge is 2.33. The lowest BCUT2D eigenvalue weighted by Gasteiger charge is -2.20. The second-order valence-corrected chi connectivity index (χ2v) is 6.59. The Morgan fingerprint density at radius 2 is 1.79 bits per heavy atom. The Bertz CT molecular complexity index is 611. The molecule has 0 atom stereocenters. The average Bonchev–Trinajstić information content (AvgIpc) is 2.54. The molecule has 6 heteroatoms. The second-order valence-electron chi connectivity index (χ2n) is 5.35. The minimum absolute atomic E-state index is 0.223. The maximum absolute atomic E-state index is 12.5. The summed E-state index contributed by atoms with van der Waals surface area (Å²) in [6, 6.07) is 3.30. The van der Waals surface area contributed by atoms with Crippen molar-refractivity contribution >= 4 is 21.6 Å². The third-order valence-electron chi connectivity index (χ3n) is 2.66. The first kappa shape index (κ1) is 14.1. The summed E-state index contributed by atoms with van der Waals surface area (Å²) < 4.78 is 42.2. The predicted molar refractivity (Wildman–Crippen MR) is 69.7 cm³/mol. The van der Waals surface area contributed by atoms with Gasteiger partial charge in [-0.3, -0.25) is 0 Å². The van der Waals surface area contributed by atoms with Gasteiger partial charge in [-0.05, 0) is 30.0 Å². The van der Waals surface area contributed by atoms with Gasteiger partial charge in [0, 0.05) is 0 Å². The lowest BCUT2D eigenvalue weighted by Crippen LogP contribution is -2.18. The van der Waals surface area contributed by atoms with E-state index in [1.54, 1.807) is 6.92 Å². The van der Waals surface area contributed by atoms with E-state index in [4.69, 9.17) is 0 Å². The molecule has 0 aliphatic heterocycles. The molecule has 0 amide bonds. The second kappa shape index (κ2) is 4.37. The van der Waals surface area contributed by atoms with Crippen LogP contribution in [0, 0.1) is 6.92 Å². The third kappa shape index (κ3) is 3.18. The zero-order valence-electron chi connectivity index (χ0n) is 11.1. The molecule has 1 aromatic heterocycles. The van der Waals surface area contributed by atoms with Gasteiger partial charge in [0.1, 0.15) is 5.52 Å². The van der Waals surface area contributed by atoms with Crippen LogP contribution in [-0.4, -0.2) is 11.3 Å². The number of halogens is 3. The molecule has 0 saturated carbocycles. The van der Waals surface area contributed by atoms with Crippen molar-refractivity contribution in [3.8, 4) is 5.75 Å². The molecule has 0 aliphatic carbocycles. The van der Waals surface area contributed by atoms with Crippen LogP contribution in [-0.2, 0) is 5.41 Å². The van der Waals surface area contributed by atoms with Gasteiger partial charge in [0.15, 0.2) is 5.75 Å². The highest BCUT2D eigenvalue weighted by molar-refractivity contribution is 7.18. The number of aromatic nitrogens is 1. The van der Waals surface area contributed by atoms with E-state index in [-0.39, 0.29) is 16.7 Å². The molecule has 19 heavy (non-hydrogen) atoms. The van der Waals surface area contributed by atoms with Gasteiger partial charge in [0.2, 0.25) is 0 Å². The largest absolute Gasteiger partial charge is 0.573 e. The van der Waals surface area contributed by atoms with Crippen LogP contribution in [0.3, 0.4) is 0 Å². The molecule has 0 spiro atoms. The van der Waals surface area contributed by atoms with Gasteiger partial charge >= 0.3 is 6.36 Å². The Kier molecular flexibility index (Phi) is 3.24. The number of nitrogens with zero attached hydrogens (tertiary/aromatic N) is 1. The molecule has 0 N–H and O–H groups in total. The Balaban J connectivity index is 2.64. The molecule has 1 heterocycles. The molecular formula is C13H14F3NOS. The maximum atomic E-state index is 12.5. The topological polar surface area (TPSA) is 22.1 Å². The first-order valence-electron chi connectivity index (χ1n) is 5.74. The summed E-state index contributed by atoms with van der Waals surface area (Å²) in [6.07, 6.45) is -4.71. The monoisotopic (exact) mass is 289 g/mol. The van der Waals surface area contributed by atoms with Crippen LogP contribution in [0.1, 0.15) is 31.3 Å². The van der Waals surface area contributed by atoms with Gasteiger partial charge in [0.25, 0.3) is 0 Å². The van der Waals surface area contributed by atoms with Crippen LogP contribution in [0.15, 0.2) is 12.1 Å². The number of rotatable bonds is 1. The summed E-state index contributed by atoms with van der Waals surface area (Å²) in [4.78, 5) is 4.11. The first-order chi connectivity index (χ1) is 8.56. The summed E-state index contributed by atoms with van der Waals surface area (Å²) in [5, 5.41) is 0.716. The minimum Gasteiger partial charge on any atom is -0.403 e. The van der Waals surface area contributed by atoms with Crippen LogP contribution in [0.2, 0.25) is 0 Å². The Morgan fingerprint density at radius 3 is 2.32 bits per heavy atom. The highest BCUT2D eigenvalue weighted by Crippen LogP contribution is 2.37. The lowest BCUT2D eigenvalue weighted by molar-refractivity contribution is -0.274. The number of aryl methyl sites for hydroxylation is 1. The number of hydrogen-bond acceptors (Lipinski definition) is 3. The van der Waals surface area contributed by atoms with E-state index in [1.165, 1.54) is 17.4 Å². The molecule has 2 nitrogen and oxygen atoms in total. The quantitative estimate of drug-likeness (QED) is 0.752. The Morgan fingerprint density at radius 1 is 1.16 bits per heavy atom. The molecule has 0 radical (unpaired) electrons. The summed E-state index contributed by atoms with van der Waals surface area (Å²) >= 11 is 1.36. The summed E-state index contributed by atoms with van der Waals surface area (Å²) in [6.45, 7) is 7.59. The summed E-state index contributed by atoms with van der Waals surface area (Å²) in [7, 11) is 0. The fourth-order valence-electron chi connectivity index (χ4n) is 1.75. The standard InChI is InChI=1S/C13H14F3NOS/c1-7-17-11-9(18-13(14,15)16)5-8(12(2,3)4)6-10(11)19-7/h5-6H,1-4H3. The van der Waals surface area contributed by atoms with E-state index >= 15 is 0 Å². The molecular weight excluding hydrogens is 275 g/mol. The molecule has 104 valence electrons. The minimum atomic E-state index is -4.71. The summed E-state index contributed by atoms with van der Waals surface area (Å²) in [5.74, 6) is -0.223. The van der Waals surface area contributed by atoms with Crippen molar-refractivity contribution in [1.29, 1.82) is 0 Å². The fourth-order valence-corrected chi connectivity index (χ4v) is 2.63. The van der Waals surface area contributed by atoms with E-state index in [1.807, 2.05) is 26.8 Å². The summed E-state index contributed by atoms with van der Waals surface area (Å²) in [5.41, 5.74) is 0.811. The average molecular weight is 289 g/mol. The van der Waals surface area contributed by atoms with Gasteiger partial charge in [-0.1, -0.05) is 20.8 Å². The number of thiazole rings is 1. The van der Waals surface area contributed by atoms with Crippen molar-refractivity contribution < 1.29 is 17.9 Å². The number of alkyl halides is 3. The van der Waals surface area contributed by atoms with E-state index in [0.29, 0.717) is 9.71 Å². The van der Waals surface area contributed by atoms with Crippen molar-refractivity contribution in [1.82, 2.24) is 4.98 Å². The first-order valence-corrected chi connectivity index (χ1v) is 6.55. The van der Waals surface area contributed by atoms with Crippen LogP contribution >= 0.6 is 11.3 Å². The molecule has 0 bridgehead atoms. The zero-order valence-corrected chi connectivity index (χ0v) is 11.9. The van der Waals surface area contributed by atoms with Crippen molar-refractivity contribution in [2.24, 2.45) is 0 Å². The van der Waals surface area contributed by atoms with Gasteiger partial charge in [0.05, 0.1) is 9.71 Å². The smallest absolute Gasteiger partial charge is 0.403 e. The van der Waals surface area contributed by atoms with E-state index in [2.05, 4.69) is 9.72 Å². The van der Waals surface area contributed by atoms with Gasteiger partial charge in [-0.2, -0.15) is 0 Å². The molecule has 1 aromatic carbocycles. The van der Waals surface area contributed by atoms with Crippen molar-refractivity contribution in [3.63, 3.8) is 0 Å². The number of hydrogen-bond donors (Lipinski definition) is 0. The van der Waals surface area contributed by atoms with Crippen LogP contribution in [0.5, 0.6) is 5.75 Å². The molecule has 0 fully saturated rings. The number of benzene rings is 1. The van der Waals surface area contributed by atoms with Crippen LogP contribution in [0.25, 0.3) is 10.2 Å². The van der Waals surface area contributed by atoms with E-state index in [9.17, 15) is 13.2 Å². The number of ether oxygens (including phenoxy) is 1. The SMILES string of the molecule is Cc1nc2c(OC(F)(F)F)cc(C(C)(C)C)cc2s1. The molecule has 2 rings (SSSR count). The predicted octanol–water partition coefficient (Wildman–Crippen LogP) is 4.80. The molecule has 2 aromatic rings. The molecule has 0 saturated heterocycles. The van der Waals surface area contributed by atoms with Gasteiger partial charge in [-0.15, -0.1) is 24.5 Å². The normalized spacial score (nSPS) is 13.0. The van der Waals surface area contributed by atoms with Crippen molar-refractivity contribution in [2.45, 2.75) is 39.5 Å². The zero-order chi connectivity index (χ0) is 14.4. The number of fused-ring (bicyclic) bond motifs is 1. The van der Waals surface area contributed by atoms with Gasteiger partial charge < -0.3 is 4.74 Å². The van der Waals surface area contributed by atoms with E-state index < -0.39 is 6.36 Å². The van der Waals surface area contributed by atoms with Crippen LogP contribution < -0.4 is 4.74 Å². The van der Waals surface area contributed by atoms with Crippen molar-refractivity contribution in [2.75, 3.05) is 0 Å². The molecule has 0 unspecified atom stereocenters. The Labute approximate surface area is 113 Å². The maximum Gasteiger partial charge on any atom is 0.573 e. The highest BCUT2D eigenvalue weighted by atomic mass is 32.1. The Hall–Kier alpha value is -1.30. The van der Waals surface area contributed by atoms with Gasteiger partial charge in [-0.25, -0.2) is 4.98 Å². The van der Waals surface area contributed by atoms with Crippen LogP contribution in [0.4, 0.5) is 13.2 Å². The van der Waals surface area contributed by atoms with Crippen molar-refractivity contribution in [3.05, 3.63) is 22.7 Å². The lowest BCUT2D eigenvalue weighted by atomic mass is 9.87. The molecule has 0 aliphatic rings.